The van der Waals surface area contributed by atoms with Crippen molar-refractivity contribution in [1.82, 2.24) is 0 Å². The van der Waals surface area contributed by atoms with Crippen molar-refractivity contribution >= 4 is 58.2 Å². The van der Waals surface area contributed by atoms with Gasteiger partial charge in [-0.25, -0.2) is 0 Å². The molecule has 2 amide bonds. The van der Waals surface area contributed by atoms with Gasteiger partial charge in [0.2, 0.25) is 11.8 Å². The van der Waals surface area contributed by atoms with Crippen LogP contribution >= 0.6 is 35.0 Å². The van der Waals surface area contributed by atoms with Crippen molar-refractivity contribution in [2.45, 2.75) is 25.5 Å². The number of nitrogens with one attached hydrogen (secondary N) is 2. The van der Waals surface area contributed by atoms with Gasteiger partial charge in [0.05, 0.1) is 11.0 Å². The number of hydrogen-bond donors (Lipinski definition) is 2. The summed E-state index contributed by atoms with van der Waals surface area (Å²) in [6.45, 7) is 3.82. The molecule has 0 aromatic heterocycles. The molecule has 0 unspecified atom stereocenters. The monoisotopic (exact) mass is 410 g/mol. The minimum atomic E-state index is -0.402. The Labute approximate surface area is 167 Å². The van der Waals surface area contributed by atoms with Crippen LogP contribution in [0.3, 0.4) is 0 Å². The number of benzene rings is 2. The highest BCUT2D eigenvalue weighted by Gasteiger charge is 2.16. The van der Waals surface area contributed by atoms with E-state index >= 15 is 0 Å². The molecule has 138 valence electrons. The summed E-state index contributed by atoms with van der Waals surface area (Å²) >= 11 is 13.1. The lowest BCUT2D eigenvalue weighted by atomic mass is 10.1. The number of halogens is 2. The SMILES string of the molecule is CCc1ccc(NC(=O)CS[C@@H](C)C(=O)Nc2cc(Cl)cc(Cl)c2)cc1. The number of rotatable bonds is 7. The highest BCUT2D eigenvalue weighted by atomic mass is 35.5. The Balaban J connectivity index is 1.81. The van der Waals surface area contributed by atoms with Crippen LogP contribution < -0.4 is 10.6 Å². The van der Waals surface area contributed by atoms with E-state index in [2.05, 4.69) is 17.6 Å². The van der Waals surface area contributed by atoms with Crippen LogP contribution in [0.25, 0.3) is 0 Å². The van der Waals surface area contributed by atoms with E-state index in [4.69, 9.17) is 23.2 Å². The lowest BCUT2D eigenvalue weighted by Crippen LogP contribution is -2.25. The maximum Gasteiger partial charge on any atom is 0.237 e. The molecule has 1 atom stereocenters. The van der Waals surface area contributed by atoms with Crippen LogP contribution in [-0.2, 0) is 16.0 Å². The molecule has 0 aliphatic heterocycles. The zero-order chi connectivity index (χ0) is 19.1. The Morgan fingerprint density at radius 2 is 1.62 bits per heavy atom. The Bertz CT molecular complexity index is 761. The maximum atomic E-state index is 12.2. The van der Waals surface area contributed by atoms with Crippen molar-refractivity contribution in [2.24, 2.45) is 0 Å². The van der Waals surface area contributed by atoms with Crippen LogP contribution in [0.15, 0.2) is 42.5 Å². The average molecular weight is 411 g/mol. The second kappa shape index (κ2) is 9.86. The van der Waals surface area contributed by atoms with Gasteiger partial charge < -0.3 is 10.6 Å². The van der Waals surface area contributed by atoms with Crippen molar-refractivity contribution in [3.05, 3.63) is 58.1 Å². The molecule has 0 aliphatic rings. The molecule has 0 saturated heterocycles. The molecule has 0 aliphatic carbocycles. The van der Waals surface area contributed by atoms with Crippen LogP contribution in [0.2, 0.25) is 10.0 Å². The molecular formula is C19H20Cl2N2O2S. The molecule has 26 heavy (non-hydrogen) atoms. The van der Waals surface area contributed by atoms with Crippen LogP contribution in [0.5, 0.6) is 0 Å². The first kappa shape index (κ1) is 20.6. The Kier molecular flexibility index (Phi) is 7.82. The van der Waals surface area contributed by atoms with E-state index in [-0.39, 0.29) is 17.6 Å². The number of amides is 2. The van der Waals surface area contributed by atoms with Crippen molar-refractivity contribution in [1.29, 1.82) is 0 Å². The molecular weight excluding hydrogens is 391 g/mol. The summed E-state index contributed by atoms with van der Waals surface area (Å²) in [6, 6.07) is 12.5. The number of anilines is 2. The summed E-state index contributed by atoms with van der Waals surface area (Å²) in [5.74, 6) is -0.182. The topological polar surface area (TPSA) is 58.2 Å². The molecule has 2 aromatic rings. The maximum absolute atomic E-state index is 12.2. The van der Waals surface area contributed by atoms with Gasteiger partial charge in [0.1, 0.15) is 0 Å². The summed E-state index contributed by atoms with van der Waals surface area (Å²) in [5.41, 5.74) is 2.49. The molecule has 2 aromatic carbocycles. The van der Waals surface area contributed by atoms with Gasteiger partial charge in [0.15, 0.2) is 0 Å². The molecule has 0 heterocycles. The van der Waals surface area contributed by atoms with Gasteiger partial charge in [0, 0.05) is 21.4 Å². The predicted molar refractivity (Wildman–Crippen MR) is 111 cm³/mol. The van der Waals surface area contributed by atoms with E-state index in [0.29, 0.717) is 15.7 Å². The summed E-state index contributed by atoms with van der Waals surface area (Å²) in [7, 11) is 0. The lowest BCUT2D eigenvalue weighted by Gasteiger charge is -2.13. The van der Waals surface area contributed by atoms with Gasteiger partial charge in [-0.15, -0.1) is 11.8 Å². The second-order valence-electron chi connectivity index (χ2n) is 5.70. The number of carbonyl (C=O) groups excluding carboxylic acids is 2. The largest absolute Gasteiger partial charge is 0.325 e. The third-order valence-electron chi connectivity index (χ3n) is 3.61. The van der Waals surface area contributed by atoms with Crippen molar-refractivity contribution in [2.75, 3.05) is 16.4 Å². The predicted octanol–water partition coefficient (Wildman–Crippen LogP) is 5.25. The van der Waals surface area contributed by atoms with Crippen LogP contribution in [0.4, 0.5) is 11.4 Å². The summed E-state index contributed by atoms with van der Waals surface area (Å²) in [4.78, 5) is 24.3. The minimum Gasteiger partial charge on any atom is -0.325 e. The number of aryl methyl sites for hydroxylation is 1. The number of hydrogen-bond acceptors (Lipinski definition) is 3. The highest BCUT2D eigenvalue weighted by molar-refractivity contribution is 8.01. The second-order valence-corrected chi connectivity index (χ2v) is 7.90. The minimum absolute atomic E-state index is 0.148. The number of thioether (sulfide) groups is 1. The van der Waals surface area contributed by atoms with Gasteiger partial charge in [-0.1, -0.05) is 42.3 Å². The van der Waals surface area contributed by atoms with E-state index in [1.54, 1.807) is 25.1 Å². The van der Waals surface area contributed by atoms with Crippen LogP contribution in [0.1, 0.15) is 19.4 Å². The van der Waals surface area contributed by atoms with E-state index in [1.165, 1.54) is 17.3 Å². The van der Waals surface area contributed by atoms with Crippen molar-refractivity contribution < 1.29 is 9.59 Å². The molecule has 0 spiro atoms. The van der Waals surface area contributed by atoms with E-state index in [1.807, 2.05) is 24.3 Å². The van der Waals surface area contributed by atoms with Crippen LogP contribution in [0, 0.1) is 0 Å². The number of carbonyl (C=O) groups is 2. The first-order valence-corrected chi connectivity index (χ1v) is 9.95. The van der Waals surface area contributed by atoms with Gasteiger partial charge in [-0.3, -0.25) is 9.59 Å². The Morgan fingerprint density at radius 3 is 2.19 bits per heavy atom. The Hall–Kier alpha value is -1.69. The third kappa shape index (κ3) is 6.56. The first-order chi connectivity index (χ1) is 12.4. The van der Waals surface area contributed by atoms with Gasteiger partial charge in [-0.05, 0) is 49.2 Å². The fourth-order valence-electron chi connectivity index (χ4n) is 2.17. The molecule has 0 fully saturated rings. The van der Waals surface area contributed by atoms with E-state index < -0.39 is 5.25 Å². The fraction of sp³-hybridized carbons (Fsp3) is 0.263. The molecule has 0 radical (unpaired) electrons. The Morgan fingerprint density at radius 1 is 1.00 bits per heavy atom. The fourth-order valence-corrected chi connectivity index (χ4v) is 3.38. The first-order valence-electron chi connectivity index (χ1n) is 8.14. The molecule has 4 nitrogen and oxygen atoms in total. The normalized spacial score (nSPS) is 11.7. The zero-order valence-corrected chi connectivity index (χ0v) is 16.8. The van der Waals surface area contributed by atoms with Crippen molar-refractivity contribution in [3.63, 3.8) is 0 Å². The van der Waals surface area contributed by atoms with Gasteiger partial charge in [0.25, 0.3) is 0 Å². The van der Waals surface area contributed by atoms with Crippen molar-refractivity contribution in [3.8, 4) is 0 Å². The third-order valence-corrected chi connectivity index (χ3v) is 5.19. The quantitative estimate of drug-likeness (QED) is 0.654. The standard InChI is InChI=1S/C19H20Cl2N2O2S/c1-3-13-4-6-16(7-5-13)22-18(24)11-26-12(2)19(25)23-17-9-14(20)8-15(21)10-17/h4-10,12H,3,11H2,1-2H3,(H,22,24)(H,23,25)/t12-/m0/s1. The van der Waals surface area contributed by atoms with Gasteiger partial charge >= 0.3 is 0 Å². The zero-order valence-electron chi connectivity index (χ0n) is 14.5. The summed E-state index contributed by atoms with van der Waals surface area (Å²) < 4.78 is 0. The summed E-state index contributed by atoms with van der Waals surface area (Å²) in [5, 5.41) is 6.06. The molecule has 0 saturated carbocycles. The smallest absolute Gasteiger partial charge is 0.237 e. The lowest BCUT2D eigenvalue weighted by molar-refractivity contribution is -0.115. The molecule has 2 N–H and O–H groups in total. The van der Waals surface area contributed by atoms with E-state index in [0.717, 1.165) is 12.1 Å². The summed E-state index contributed by atoms with van der Waals surface area (Å²) in [6.07, 6.45) is 0.953. The average Bonchev–Trinajstić information content (AvgIpc) is 2.59. The highest BCUT2D eigenvalue weighted by Crippen LogP contribution is 2.23. The molecule has 0 bridgehead atoms. The van der Waals surface area contributed by atoms with Gasteiger partial charge in [-0.2, -0.15) is 0 Å². The van der Waals surface area contributed by atoms with Crippen LogP contribution in [-0.4, -0.2) is 22.8 Å². The molecule has 7 heteroatoms. The molecule has 2 rings (SSSR count). The van der Waals surface area contributed by atoms with E-state index in [9.17, 15) is 9.59 Å².